The number of para-hydroxylation sites is 1. The van der Waals surface area contributed by atoms with E-state index in [2.05, 4.69) is 20.2 Å². The van der Waals surface area contributed by atoms with Crippen LogP contribution in [0.25, 0.3) is 16.6 Å². The molecule has 23 heavy (non-hydrogen) atoms. The lowest BCUT2D eigenvalue weighted by molar-refractivity contribution is 0.404. The molecule has 0 spiro atoms. The Balaban J connectivity index is 1.63. The van der Waals surface area contributed by atoms with Gasteiger partial charge in [0.1, 0.15) is 23.7 Å². The van der Waals surface area contributed by atoms with Gasteiger partial charge in [-0.1, -0.05) is 24.3 Å². The average Bonchev–Trinajstić information content (AvgIpc) is 3.02. The first kappa shape index (κ1) is 13.5. The van der Waals surface area contributed by atoms with Gasteiger partial charge in [0.25, 0.3) is 0 Å². The summed E-state index contributed by atoms with van der Waals surface area (Å²) in [5.74, 6) is 2.23. The van der Waals surface area contributed by atoms with Crippen molar-refractivity contribution in [3.63, 3.8) is 0 Å². The molecule has 0 atom stereocenters. The summed E-state index contributed by atoms with van der Waals surface area (Å²) in [5, 5.41) is 7.99. The van der Waals surface area contributed by atoms with Crippen LogP contribution in [0.3, 0.4) is 0 Å². The number of rotatable bonds is 3. The molecule has 2 heterocycles. The fourth-order valence-corrected chi connectivity index (χ4v) is 2.66. The molecule has 0 saturated carbocycles. The fraction of sp³-hybridized carbons (Fsp3) is 0.118. The number of ether oxygens (including phenoxy) is 1. The Morgan fingerprint density at radius 2 is 1.91 bits per heavy atom. The summed E-state index contributed by atoms with van der Waals surface area (Å²) >= 11 is 0. The van der Waals surface area contributed by atoms with Crippen LogP contribution in [0.15, 0.2) is 54.6 Å². The normalized spacial score (nSPS) is 14.4. The van der Waals surface area contributed by atoms with Gasteiger partial charge in [0, 0.05) is 6.42 Å². The number of nitrogens with two attached hydrogens (primary N) is 1. The zero-order valence-corrected chi connectivity index (χ0v) is 12.4. The molecule has 6 nitrogen and oxygen atoms in total. The first-order valence-electron chi connectivity index (χ1n) is 7.39. The van der Waals surface area contributed by atoms with E-state index < -0.39 is 0 Å². The zero-order valence-electron chi connectivity index (χ0n) is 12.4. The van der Waals surface area contributed by atoms with Gasteiger partial charge < -0.3 is 10.5 Å². The van der Waals surface area contributed by atoms with Gasteiger partial charge in [-0.05, 0) is 30.2 Å². The number of fused-ring (bicyclic) bond motifs is 1. The van der Waals surface area contributed by atoms with Crippen molar-refractivity contribution >= 4 is 22.4 Å². The molecule has 0 bridgehead atoms. The van der Waals surface area contributed by atoms with E-state index in [0.717, 1.165) is 41.0 Å². The summed E-state index contributed by atoms with van der Waals surface area (Å²) < 4.78 is 5.87. The summed E-state index contributed by atoms with van der Waals surface area (Å²) in [6.07, 6.45) is 7.09. The number of allylic oxidation sites excluding steroid dienone is 4. The molecule has 1 aliphatic carbocycles. The van der Waals surface area contributed by atoms with Gasteiger partial charge in [0.2, 0.25) is 0 Å². The van der Waals surface area contributed by atoms with Crippen LogP contribution in [-0.2, 0) is 0 Å². The predicted octanol–water partition coefficient (Wildman–Crippen LogP) is 3.08. The van der Waals surface area contributed by atoms with Crippen molar-refractivity contribution in [2.75, 3.05) is 5.73 Å². The minimum Gasteiger partial charge on any atom is -0.462 e. The molecule has 0 saturated heterocycles. The summed E-state index contributed by atoms with van der Waals surface area (Å²) in [6, 6.07) is 9.77. The van der Waals surface area contributed by atoms with Crippen LogP contribution in [0.2, 0.25) is 0 Å². The van der Waals surface area contributed by atoms with E-state index in [4.69, 9.17) is 10.5 Å². The van der Waals surface area contributed by atoms with E-state index in [1.54, 1.807) is 0 Å². The number of H-pyrrole nitrogens is 1. The third-order valence-corrected chi connectivity index (χ3v) is 3.80. The molecule has 4 rings (SSSR count). The maximum Gasteiger partial charge on any atom is 0.186 e. The molecule has 0 radical (unpaired) electrons. The number of nitrogens with one attached hydrogen (secondary N) is 1. The van der Waals surface area contributed by atoms with Gasteiger partial charge in [-0.2, -0.15) is 5.10 Å². The molecule has 2 aromatic heterocycles. The maximum atomic E-state index is 5.96. The molecular weight excluding hydrogens is 290 g/mol. The van der Waals surface area contributed by atoms with Gasteiger partial charge in [-0.15, -0.1) is 0 Å². The molecule has 0 aliphatic heterocycles. The van der Waals surface area contributed by atoms with E-state index >= 15 is 0 Å². The van der Waals surface area contributed by atoms with Crippen LogP contribution in [0.5, 0.6) is 5.75 Å². The Hall–Kier alpha value is -3.15. The van der Waals surface area contributed by atoms with Crippen molar-refractivity contribution in [3.8, 4) is 5.75 Å². The predicted molar refractivity (Wildman–Crippen MR) is 88.5 cm³/mol. The quantitative estimate of drug-likeness (QED) is 0.776. The van der Waals surface area contributed by atoms with Crippen LogP contribution in [0.4, 0.5) is 5.82 Å². The van der Waals surface area contributed by atoms with Crippen LogP contribution in [0.1, 0.15) is 18.5 Å². The molecule has 0 fully saturated rings. The monoisotopic (exact) mass is 305 g/mol. The Morgan fingerprint density at radius 1 is 1.04 bits per heavy atom. The number of nitrogen functional groups attached to an aromatic ring is 1. The summed E-state index contributed by atoms with van der Waals surface area (Å²) in [4.78, 5) is 8.17. The molecule has 1 aromatic carbocycles. The first-order chi connectivity index (χ1) is 11.3. The number of hydrogen-bond acceptors (Lipinski definition) is 5. The summed E-state index contributed by atoms with van der Waals surface area (Å²) in [6.45, 7) is 0. The van der Waals surface area contributed by atoms with Gasteiger partial charge >= 0.3 is 0 Å². The highest BCUT2D eigenvalue weighted by molar-refractivity contribution is 5.95. The van der Waals surface area contributed by atoms with Crippen molar-refractivity contribution in [2.24, 2.45) is 0 Å². The van der Waals surface area contributed by atoms with Crippen molar-refractivity contribution in [3.05, 3.63) is 60.3 Å². The van der Waals surface area contributed by atoms with E-state index in [9.17, 15) is 0 Å². The van der Waals surface area contributed by atoms with Crippen LogP contribution in [-0.4, -0.2) is 20.2 Å². The maximum absolute atomic E-state index is 5.96. The highest BCUT2D eigenvalue weighted by Gasteiger charge is 2.17. The molecule has 3 N–H and O–H groups in total. The minimum atomic E-state index is 0.440. The smallest absolute Gasteiger partial charge is 0.186 e. The molecule has 3 aromatic rings. The Bertz CT molecular complexity index is 911. The second-order valence-corrected chi connectivity index (χ2v) is 5.30. The number of hydrogen-bond donors (Lipinski definition) is 2. The van der Waals surface area contributed by atoms with E-state index in [1.165, 1.54) is 6.33 Å². The standard InChI is InChI=1S/C17H15N5O/c18-16-14-15(21-22-17(14)20-10-19-16)11-6-8-13(9-7-11)23-12-4-2-1-3-5-12/h1-6,8,10H,7,9H2,(H3,18,19,20,21,22). The van der Waals surface area contributed by atoms with Crippen molar-refractivity contribution in [2.45, 2.75) is 12.8 Å². The van der Waals surface area contributed by atoms with Crippen molar-refractivity contribution in [1.29, 1.82) is 0 Å². The molecule has 1 aliphatic rings. The molecule has 114 valence electrons. The lowest BCUT2D eigenvalue weighted by atomic mass is 9.99. The summed E-state index contributed by atoms with van der Waals surface area (Å²) in [7, 11) is 0. The highest BCUT2D eigenvalue weighted by atomic mass is 16.5. The van der Waals surface area contributed by atoms with Gasteiger partial charge in [-0.25, -0.2) is 9.97 Å². The van der Waals surface area contributed by atoms with Crippen molar-refractivity contribution in [1.82, 2.24) is 20.2 Å². The second kappa shape index (κ2) is 5.57. The first-order valence-corrected chi connectivity index (χ1v) is 7.39. The van der Waals surface area contributed by atoms with E-state index in [0.29, 0.717) is 11.5 Å². The number of aromatic amines is 1. The van der Waals surface area contributed by atoms with Gasteiger partial charge in [-0.3, -0.25) is 5.10 Å². The molecule has 6 heteroatoms. The zero-order chi connectivity index (χ0) is 15.6. The lowest BCUT2D eigenvalue weighted by Gasteiger charge is -2.15. The Kier molecular flexibility index (Phi) is 3.27. The SMILES string of the molecule is Nc1ncnc2n[nH]c(C3=CC=C(Oc4ccccc4)CC3)c12. The third-order valence-electron chi connectivity index (χ3n) is 3.80. The number of anilines is 1. The van der Waals surface area contributed by atoms with Crippen LogP contribution >= 0.6 is 0 Å². The minimum absolute atomic E-state index is 0.440. The largest absolute Gasteiger partial charge is 0.462 e. The third kappa shape index (κ3) is 2.55. The fourth-order valence-electron chi connectivity index (χ4n) is 2.66. The topological polar surface area (TPSA) is 89.7 Å². The van der Waals surface area contributed by atoms with Crippen LogP contribution in [0, 0.1) is 0 Å². The number of aromatic nitrogens is 4. The van der Waals surface area contributed by atoms with Crippen molar-refractivity contribution < 1.29 is 4.74 Å². The second-order valence-electron chi connectivity index (χ2n) is 5.30. The number of benzene rings is 1. The molecule has 0 unspecified atom stereocenters. The van der Waals surface area contributed by atoms with E-state index in [-0.39, 0.29) is 0 Å². The van der Waals surface area contributed by atoms with Gasteiger partial charge in [0.05, 0.1) is 11.1 Å². The summed E-state index contributed by atoms with van der Waals surface area (Å²) in [5.41, 5.74) is 8.55. The Morgan fingerprint density at radius 3 is 2.70 bits per heavy atom. The van der Waals surface area contributed by atoms with Gasteiger partial charge in [0.15, 0.2) is 5.65 Å². The van der Waals surface area contributed by atoms with Crippen LogP contribution < -0.4 is 10.5 Å². The highest BCUT2D eigenvalue weighted by Crippen LogP contribution is 2.32. The average molecular weight is 305 g/mol. The number of nitrogens with zero attached hydrogens (tertiary/aromatic N) is 3. The van der Waals surface area contributed by atoms with E-state index in [1.807, 2.05) is 42.5 Å². The lowest BCUT2D eigenvalue weighted by Crippen LogP contribution is -2.01. The molecule has 0 amide bonds. The Labute approximate surface area is 132 Å². The molecular formula is C17H15N5O.